The van der Waals surface area contributed by atoms with Crippen molar-refractivity contribution in [3.63, 3.8) is 0 Å². The molecule has 0 radical (unpaired) electrons. The monoisotopic (exact) mass is 500 g/mol. The molecule has 0 spiro atoms. The highest BCUT2D eigenvalue weighted by atomic mass is 19.1. The Hall–Kier alpha value is -3.29. The van der Waals surface area contributed by atoms with Gasteiger partial charge in [0.1, 0.15) is 35.8 Å². The van der Waals surface area contributed by atoms with E-state index in [2.05, 4.69) is 5.32 Å². The number of rotatable bonds is 6. The third-order valence-electron chi connectivity index (χ3n) is 5.41. The first kappa shape index (κ1) is 27.3. The number of ether oxygens (including phenoxy) is 3. The van der Waals surface area contributed by atoms with Crippen molar-refractivity contribution in [2.24, 2.45) is 0 Å². The van der Waals surface area contributed by atoms with Crippen LogP contribution in [-0.4, -0.2) is 36.4 Å². The quantitative estimate of drug-likeness (QED) is 0.477. The lowest BCUT2D eigenvalue weighted by molar-refractivity contribution is -0.152. The topological polar surface area (TPSA) is 77.1 Å². The molecule has 7 nitrogen and oxygen atoms in total. The Bertz CT molecular complexity index is 1120. The molecule has 0 bridgehead atoms. The van der Waals surface area contributed by atoms with E-state index in [1.807, 2.05) is 44.2 Å². The van der Waals surface area contributed by atoms with Gasteiger partial charge in [0.15, 0.2) is 5.82 Å². The Morgan fingerprint density at radius 3 is 2.22 bits per heavy atom. The first-order valence-electron chi connectivity index (χ1n) is 12.1. The summed E-state index contributed by atoms with van der Waals surface area (Å²) in [5.74, 6) is -0.911. The standard InChI is InChI=1S/C28H37FN2O5/c1-26(2,3)35-21(32)15-30-24-20(34-16-18-12-10-9-11-13-18)14-19-22(23(24)29)28(7,8)17-31(19)25(33)36-27(4,5)6/h9-14,30H,15-17H2,1-8H3. The zero-order valence-electron chi connectivity index (χ0n) is 22.5. The van der Waals surface area contributed by atoms with Crippen molar-refractivity contribution in [3.8, 4) is 5.75 Å². The van der Waals surface area contributed by atoms with Crippen molar-refractivity contribution < 1.29 is 28.2 Å². The molecule has 1 heterocycles. The number of amides is 1. The maximum atomic E-state index is 16.1. The van der Waals surface area contributed by atoms with Gasteiger partial charge in [0.25, 0.3) is 0 Å². The van der Waals surface area contributed by atoms with Gasteiger partial charge in [0.05, 0.1) is 5.69 Å². The molecule has 1 aliphatic heterocycles. The molecule has 1 amide bonds. The number of hydrogen-bond donors (Lipinski definition) is 1. The van der Waals surface area contributed by atoms with Crippen LogP contribution in [0.3, 0.4) is 0 Å². The van der Waals surface area contributed by atoms with Crippen molar-refractivity contribution >= 4 is 23.4 Å². The molecule has 0 aliphatic carbocycles. The van der Waals surface area contributed by atoms with Crippen molar-refractivity contribution in [3.05, 3.63) is 53.3 Å². The van der Waals surface area contributed by atoms with Gasteiger partial charge in [-0.05, 0) is 47.1 Å². The highest BCUT2D eigenvalue weighted by molar-refractivity contribution is 5.93. The average Bonchev–Trinajstić information content (AvgIpc) is 3.01. The van der Waals surface area contributed by atoms with Gasteiger partial charge in [-0.25, -0.2) is 9.18 Å². The lowest BCUT2D eigenvalue weighted by Crippen LogP contribution is -2.38. The fourth-order valence-electron chi connectivity index (χ4n) is 4.06. The zero-order valence-corrected chi connectivity index (χ0v) is 22.5. The summed E-state index contributed by atoms with van der Waals surface area (Å²) in [4.78, 5) is 26.8. The number of nitrogens with one attached hydrogen (secondary N) is 1. The number of hydrogen-bond acceptors (Lipinski definition) is 6. The van der Waals surface area contributed by atoms with Crippen LogP contribution >= 0.6 is 0 Å². The fourth-order valence-corrected chi connectivity index (χ4v) is 4.06. The molecule has 0 unspecified atom stereocenters. The Kier molecular flexibility index (Phi) is 7.58. The van der Waals surface area contributed by atoms with Gasteiger partial charge in [0.2, 0.25) is 0 Å². The summed E-state index contributed by atoms with van der Waals surface area (Å²) in [6.45, 7) is 14.5. The van der Waals surface area contributed by atoms with Gasteiger partial charge in [-0.3, -0.25) is 9.69 Å². The minimum absolute atomic E-state index is 0.0506. The smallest absolute Gasteiger partial charge is 0.414 e. The molecular weight excluding hydrogens is 463 g/mol. The minimum Gasteiger partial charge on any atom is -0.487 e. The maximum Gasteiger partial charge on any atom is 0.414 e. The van der Waals surface area contributed by atoms with Gasteiger partial charge >= 0.3 is 12.1 Å². The predicted molar refractivity (Wildman–Crippen MR) is 138 cm³/mol. The van der Waals surface area contributed by atoms with Crippen LogP contribution in [0.15, 0.2) is 36.4 Å². The van der Waals surface area contributed by atoms with Crippen LogP contribution in [0.25, 0.3) is 0 Å². The second-order valence-corrected chi connectivity index (χ2v) is 11.6. The van der Waals surface area contributed by atoms with Crippen LogP contribution in [0.1, 0.15) is 66.5 Å². The van der Waals surface area contributed by atoms with E-state index in [4.69, 9.17) is 14.2 Å². The van der Waals surface area contributed by atoms with Gasteiger partial charge in [0, 0.05) is 23.6 Å². The van der Waals surface area contributed by atoms with Crippen molar-refractivity contribution in [1.29, 1.82) is 0 Å². The van der Waals surface area contributed by atoms with Gasteiger partial charge in [-0.2, -0.15) is 0 Å². The molecule has 0 saturated carbocycles. The summed E-state index contributed by atoms with van der Waals surface area (Å²) < 4.78 is 33.1. The lowest BCUT2D eigenvalue weighted by atomic mass is 9.86. The molecule has 0 fully saturated rings. The number of nitrogens with zero attached hydrogens (tertiary/aromatic N) is 1. The predicted octanol–water partition coefficient (Wildman–Crippen LogP) is 6.19. The van der Waals surface area contributed by atoms with Gasteiger partial charge < -0.3 is 19.5 Å². The number of anilines is 2. The average molecular weight is 501 g/mol. The van der Waals surface area contributed by atoms with E-state index in [1.165, 1.54) is 4.90 Å². The third kappa shape index (κ3) is 6.68. The molecule has 3 rings (SSSR count). The first-order valence-corrected chi connectivity index (χ1v) is 12.1. The second kappa shape index (κ2) is 9.99. The van der Waals surface area contributed by atoms with E-state index in [0.717, 1.165) is 5.56 Å². The number of carbonyl (C=O) groups is 2. The van der Waals surface area contributed by atoms with Crippen molar-refractivity contribution in [2.75, 3.05) is 23.3 Å². The maximum absolute atomic E-state index is 16.1. The second-order valence-electron chi connectivity index (χ2n) is 11.6. The van der Waals surface area contributed by atoms with E-state index < -0.39 is 34.5 Å². The number of esters is 1. The molecule has 1 aliphatic rings. The molecule has 1 N–H and O–H groups in total. The number of halogens is 1. The molecule has 36 heavy (non-hydrogen) atoms. The number of fused-ring (bicyclic) bond motifs is 1. The van der Waals surface area contributed by atoms with E-state index in [0.29, 0.717) is 11.3 Å². The van der Waals surface area contributed by atoms with E-state index in [1.54, 1.807) is 47.6 Å². The Labute approximate surface area is 212 Å². The van der Waals surface area contributed by atoms with Gasteiger partial charge in [-0.1, -0.05) is 44.2 Å². The minimum atomic E-state index is -0.704. The summed E-state index contributed by atoms with van der Waals surface area (Å²) in [7, 11) is 0. The molecule has 2 aromatic carbocycles. The summed E-state index contributed by atoms with van der Waals surface area (Å²) in [6, 6.07) is 11.1. The Morgan fingerprint density at radius 2 is 1.64 bits per heavy atom. The van der Waals surface area contributed by atoms with E-state index in [-0.39, 0.29) is 31.1 Å². The molecule has 0 saturated heterocycles. The molecule has 196 valence electrons. The normalized spacial score (nSPS) is 14.8. The first-order chi connectivity index (χ1) is 16.6. The highest BCUT2D eigenvalue weighted by Crippen LogP contribution is 2.48. The molecule has 8 heteroatoms. The van der Waals surface area contributed by atoms with Crippen LogP contribution in [0.4, 0.5) is 20.6 Å². The number of carbonyl (C=O) groups excluding carboxylic acids is 2. The SMILES string of the molecule is CC(C)(C)OC(=O)CNc1c(OCc2ccccc2)cc2c(c1F)C(C)(C)CN2C(=O)OC(C)(C)C. The largest absolute Gasteiger partial charge is 0.487 e. The van der Waals surface area contributed by atoms with Crippen molar-refractivity contribution in [1.82, 2.24) is 0 Å². The van der Waals surface area contributed by atoms with Gasteiger partial charge in [-0.15, -0.1) is 0 Å². The summed E-state index contributed by atoms with van der Waals surface area (Å²) in [5.41, 5.74) is -0.390. The highest BCUT2D eigenvalue weighted by Gasteiger charge is 2.43. The molecule has 0 aromatic heterocycles. The van der Waals surface area contributed by atoms with E-state index in [9.17, 15) is 9.59 Å². The van der Waals surface area contributed by atoms with E-state index >= 15 is 4.39 Å². The fraction of sp³-hybridized carbons (Fsp3) is 0.500. The summed E-state index contributed by atoms with van der Waals surface area (Å²) in [6.07, 6.45) is -0.558. The third-order valence-corrected chi connectivity index (χ3v) is 5.41. The summed E-state index contributed by atoms with van der Waals surface area (Å²) >= 11 is 0. The molecular formula is C28H37FN2O5. The molecule has 0 atom stereocenters. The number of benzene rings is 2. The van der Waals surface area contributed by atoms with Crippen LogP contribution in [-0.2, 0) is 26.3 Å². The van der Waals surface area contributed by atoms with Crippen LogP contribution in [0.5, 0.6) is 5.75 Å². The van der Waals surface area contributed by atoms with Crippen molar-refractivity contribution in [2.45, 2.75) is 78.6 Å². The van der Waals surface area contributed by atoms with Crippen LogP contribution in [0.2, 0.25) is 0 Å². The molecule has 2 aromatic rings. The Balaban J connectivity index is 2.01. The lowest BCUT2D eigenvalue weighted by Gasteiger charge is -2.26. The van der Waals surface area contributed by atoms with Crippen LogP contribution < -0.4 is 15.0 Å². The Morgan fingerprint density at radius 1 is 1.03 bits per heavy atom. The van der Waals surface area contributed by atoms with Crippen LogP contribution in [0, 0.1) is 5.82 Å². The summed E-state index contributed by atoms with van der Waals surface area (Å²) in [5, 5.41) is 2.88. The zero-order chi connectivity index (χ0) is 26.9.